The molecule has 0 radical (unpaired) electrons. The van der Waals surface area contributed by atoms with Crippen LogP contribution in [-0.2, 0) is 4.79 Å². The third-order valence-corrected chi connectivity index (χ3v) is 3.86. The predicted octanol–water partition coefficient (Wildman–Crippen LogP) is 1.19. The van der Waals surface area contributed by atoms with E-state index in [0.29, 0.717) is 24.9 Å². The van der Waals surface area contributed by atoms with Gasteiger partial charge in [-0.3, -0.25) is 9.69 Å². The van der Waals surface area contributed by atoms with Gasteiger partial charge in [0.1, 0.15) is 0 Å². The molecule has 3 N–H and O–H groups in total. The van der Waals surface area contributed by atoms with E-state index in [-0.39, 0.29) is 11.9 Å². The molecule has 0 bridgehead atoms. The molecule has 1 aliphatic rings. The van der Waals surface area contributed by atoms with E-state index in [1.807, 2.05) is 19.9 Å². The summed E-state index contributed by atoms with van der Waals surface area (Å²) in [4.78, 5) is 14.1. The van der Waals surface area contributed by atoms with Gasteiger partial charge in [-0.2, -0.15) is 0 Å². The first-order chi connectivity index (χ1) is 9.60. The molecule has 0 aromatic heterocycles. The summed E-state index contributed by atoms with van der Waals surface area (Å²) < 4.78 is 0. The summed E-state index contributed by atoms with van der Waals surface area (Å²) >= 11 is 0. The molecular weight excluding hydrogens is 250 g/mol. The first-order valence-electron chi connectivity index (χ1n) is 7.37. The number of carbonyl (C=O) groups is 1. The number of hydrogen-bond acceptors (Lipinski definition) is 3. The van der Waals surface area contributed by atoms with Gasteiger partial charge in [-0.1, -0.05) is 30.3 Å². The summed E-state index contributed by atoms with van der Waals surface area (Å²) in [5, 5.41) is 2.95. The molecule has 1 amide bonds. The highest BCUT2D eigenvalue weighted by atomic mass is 16.2. The van der Waals surface area contributed by atoms with Crippen molar-refractivity contribution in [2.45, 2.75) is 25.8 Å². The molecule has 0 unspecified atom stereocenters. The Labute approximate surface area is 121 Å². The van der Waals surface area contributed by atoms with Crippen molar-refractivity contribution in [3.8, 4) is 0 Å². The Bertz CT molecular complexity index is 433. The monoisotopic (exact) mass is 275 g/mol. The van der Waals surface area contributed by atoms with Crippen LogP contribution in [0.1, 0.15) is 25.3 Å². The number of nitrogens with zero attached hydrogens (tertiary/aromatic N) is 1. The second-order valence-corrected chi connectivity index (χ2v) is 5.93. The molecule has 110 valence electrons. The molecule has 4 heteroatoms. The molecule has 2 rings (SSSR count). The fourth-order valence-electron chi connectivity index (χ4n) is 2.98. The summed E-state index contributed by atoms with van der Waals surface area (Å²) in [5.41, 5.74) is 7.24. The lowest BCUT2D eigenvalue weighted by Crippen LogP contribution is -2.39. The van der Waals surface area contributed by atoms with Gasteiger partial charge in [0.05, 0.1) is 6.54 Å². The van der Waals surface area contributed by atoms with E-state index >= 15 is 0 Å². The standard InChI is InChI=1S/C16H25N3O/c1-12(2)18-16(20)11-19-9-14(8-17)15(10-19)13-6-4-3-5-7-13/h3-7,12,14-15H,8-11,17H2,1-2H3,(H,18,20)/t14-,15+/m1/s1. The van der Waals surface area contributed by atoms with Crippen LogP contribution in [0.15, 0.2) is 30.3 Å². The lowest BCUT2D eigenvalue weighted by atomic mass is 9.89. The molecule has 0 saturated carbocycles. The van der Waals surface area contributed by atoms with E-state index in [1.165, 1.54) is 5.56 Å². The van der Waals surface area contributed by atoms with Gasteiger partial charge >= 0.3 is 0 Å². The Morgan fingerprint density at radius 1 is 1.35 bits per heavy atom. The molecule has 1 heterocycles. The van der Waals surface area contributed by atoms with Crippen molar-refractivity contribution in [2.75, 3.05) is 26.2 Å². The summed E-state index contributed by atoms with van der Waals surface area (Å²) in [5.74, 6) is 0.974. The summed E-state index contributed by atoms with van der Waals surface area (Å²) in [6.45, 7) is 6.92. The number of benzene rings is 1. The zero-order chi connectivity index (χ0) is 14.5. The average Bonchev–Trinajstić information content (AvgIpc) is 2.81. The average molecular weight is 275 g/mol. The van der Waals surface area contributed by atoms with Gasteiger partial charge in [0.25, 0.3) is 0 Å². The smallest absolute Gasteiger partial charge is 0.234 e. The minimum atomic E-state index is 0.101. The fourth-order valence-corrected chi connectivity index (χ4v) is 2.98. The van der Waals surface area contributed by atoms with Gasteiger partial charge < -0.3 is 11.1 Å². The minimum absolute atomic E-state index is 0.101. The van der Waals surface area contributed by atoms with Crippen molar-refractivity contribution in [1.29, 1.82) is 0 Å². The Morgan fingerprint density at radius 2 is 2.05 bits per heavy atom. The van der Waals surface area contributed by atoms with Crippen LogP contribution in [0.5, 0.6) is 0 Å². The zero-order valence-corrected chi connectivity index (χ0v) is 12.4. The third-order valence-electron chi connectivity index (χ3n) is 3.86. The zero-order valence-electron chi connectivity index (χ0n) is 12.4. The van der Waals surface area contributed by atoms with Crippen LogP contribution in [0.4, 0.5) is 0 Å². The van der Waals surface area contributed by atoms with Crippen LogP contribution in [0, 0.1) is 5.92 Å². The quantitative estimate of drug-likeness (QED) is 0.848. The second kappa shape index (κ2) is 6.86. The van der Waals surface area contributed by atoms with Crippen LogP contribution in [0.3, 0.4) is 0 Å². The number of amides is 1. The van der Waals surface area contributed by atoms with Crippen LogP contribution in [0.2, 0.25) is 0 Å². The van der Waals surface area contributed by atoms with E-state index < -0.39 is 0 Å². The molecule has 1 aromatic rings. The largest absolute Gasteiger partial charge is 0.353 e. The van der Waals surface area contributed by atoms with E-state index in [4.69, 9.17) is 5.73 Å². The fraction of sp³-hybridized carbons (Fsp3) is 0.562. The molecule has 4 nitrogen and oxygen atoms in total. The topological polar surface area (TPSA) is 58.4 Å². The molecule has 1 saturated heterocycles. The van der Waals surface area contributed by atoms with Crippen molar-refractivity contribution in [3.63, 3.8) is 0 Å². The third kappa shape index (κ3) is 3.81. The maximum atomic E-state index is 11.9. The number of rotatable bonds is 5. The summed E-state index contributed by atoms with van der Waals surface area (Å²) in [7, 11) is 0. The highest BCUT2D eigenvalue weighted by Crippen LogP contribution is 2.31. The molecule has 1 aromatic carbocycles. The van der Waals surface area contributed by atoms with Crippen molar-refractivity contribution in [3.05, 3.63) is 35.9 Å². The van der Waals surface area contributed by atoms with Crippen molar-refractivity contribution in [2.24, 2.45) is 11.7 Å². The van der Waals surface area contributed by atoms with Crippen molar-refractivity contribution in [1.82, 2.24) is 10.2 Å². The van der Waals surface area contributed by atoms with E-state index in [0.717, 1.165) is 13.1 Å². The number of hydrogen-bond donors (Lipinski definition) is 2. The molecule has 1 fully saturated rings. The van der Waals surface area contributed by atoms with Gasteiger partial charge in [-0.15, -0.1) is 0 Å². The molecular formula is C16H25N3O. The van der Waals surface area contributed by atoms with Gasteiger partial charge in [-0.25, -0.2) is 0 Å². The first-order valence-corrected chi connectivity index (χ1v) is 7.37. The van der Waals surface area contributed by atoms with Crippen LogP contribution < -0.4 is 11.1 Å². The first kappa shape index (κ1) is 15.0. The Morgan fingerprint density at radius 3 is 2.65 bits per heavy atom. The molecule has 0 aliphatic carbocycles. The van der Waals surface area contributed by atoms with E-state index in [2.05, 4.69) is 34.5 Å². The number of carbonyl (C=O) groups excluding carboxylic acids is 1. The SMILES string of the molecule is CC(C)NC(=O)CN1C[C@@H](CN)[C@H](c2ccccc2)C1. The van der Waals surface area contributed by atoms with Crippen LogP contribution in [0.25, 0.3) is 0 Å². The highest BCUT2D eigenvalue weighted by Gasteiger charge is 2.33. The lowest BCUT2D eigenvalue weighted by molar-refractivity contribution is -0.122. The van der Waals surface area contributed by atoms with Crippen molar-refractivity contribution >= 4 is 5.91 Å². The molecule has 1 aliphatic heterocycles. The Hall–Kier alpha value is -1.39. The normalized spacial score (nSPS) is 23.2. The van der Waals surface area contributed by atoms with E-state index in [9.17, 15) is 4.79 Å². The predicted molar refractivity (Wildman–Crippen MR) is 81.4 cm³/mol. The summed E-state index contributed by atoms with van der Waals surface area (Å²) in [6.07, 6.45) is 0. The van der Waals surface area contributed by atoms with E-state index in [1.54, 1.807) is 0 Å². The number of likely N-dealkylation sites (tertiary alicyclic amines) is 1. The highest BCUT2D eigenvalue weighted by molar-refractivity contribution is 5.78. The number of nitrogens with one attached hydrogen (secondary N) is 1. The maximum absolute atomic E-state index is 11.9. The van der Waals surface area contributed by atoms with Gasteiger partial charge in [0.15, 0.2) is 0 Å². The van der Waals surface area contributed by atoms with Crippen LogP contribution in [-0.4, -0.2) is 43.0 Å². The number of nitrogens with two attached hydrogens (primary N) is 1. The van der Waals surface area contributed by atoms with Gasteiger partial charge in [0.2, 0.25) is 5.91 Å². The van der Waals surface area contributed by atoms with Gasteiger partial charge in [-0.05, 0) is 31.9 Å². The molecule has 0 spiro atoms. The molecule has 20 heavy (non-hydrogen) atoms. The minimum Gasteiger partial charge on any atom is -0.353 e. The van der Waals surface area contributed by atoms with Gasteiger partial charge in [0, 0.05) is 25.0 Å². The molecule has 2 atom stereocenters. The Balaban J connectivity index is 1.98. The second-order valence-electron chi connectivity index (χ2n) is 5.93. The van der Waals surface area contributed by atoms with Crippen molar-refractivity contribution < 1.29 is 4.79 Å². The Kier molecular flexibility index (Phi) is 5.15. The van der Waals surface area contributed by atoms with Crippen LogP contribution >= 0.6 is 0 Å². The summed E-state index contributed by atoms with van der Waals surface area (Å²) in [6, 6.07) is 10.7. The maximum Gasteiger partial charge on any atom is 0.234 e. The lowest BCUT2D eigenvalue weighted by Gasteiger charge is -2.17.